The summed E-state index contributed by atoms with van der Waals surface area (Å²) in [4.78, 5) is 17.8. The van der Waals surface area contributed by atoms with Gasteiger partial charge < -0.3 is 10.7 Å². The Morgan fingerprint density at radius 2 is 2.35 bits per heavy atom. The number of H-pyrrole nitrogens is 1. The Morgan fingerprint density at radius 3 is 2.88 bits per heavy atom. The highest BCUT2D eigenvalue weighted by Crippen LogP contribution is 2.11. The smallest absolute Gasteiger partial charge is 0.221 e. The molecule has 1 rings (SSSR count). The summed E-state index contributed by atoms with van der Waals surface area (Å²) in [6.45, 7) is 7.66. The van der Waals surface area contributed by atoms with Gasteiger partial charge in [-0.1, -0.05) is 30.4 Å². The third-order valence-electron chi connectivity index (χ3n) is 2.18. The van der Waals surface area contributed by atoms with E-state index in [0.717, 1.165) is 22.7 Å². The minimum Gasteiger partial charge on any atom is -0.369 e. The first-order valence-electron chi connectivity index (χ1n) is 5.32. The number of amides is 1. The third-order valence-corrected chi connectivity index (χ3v) is 2.18. The van der Waals surface area contributed by atoms with Gasteiger partial charge in [-0.05, 0) is 19.4 Å². The summed E-state index contributed by atoms with van der Waals surface area (Å²) in [7, 11) is 0. The highest BCUT2D eigenvalue weighted by molar-refractivity contribution is 5.76. The standard InChI is InChI=1S/C13H17N3O/c1-9(7-13(14)17)5-4-6-10(2)12-8-15-11(3)16-12/h4-6,8H,2,7H2,1,3H3,(H2,14,17)(H,15,16)/b6-4-,9-5+. The minimum absolute atomic E-state index is 0.278. The number of hydrogen-bond acceptors (Lipinski definition) is 2. The average molecular weight is 231 g/mol. The van der Waals surface area contributed by atoms with Gasteiger partial charge in [-0.2, -0.15) is 0 Å². The predicted octanol–water partition coefficient (Wildman–Crippen LogP) is 2.11. The number of primary amides is 1. The second-order valence-corrected chi connectivity index (χ2v) is 3.92. The molecular weight excluding hydrogens is 214 g/mol. The molecule has 0 saturated heterocycles. The van der Waals surface area contributed by atoms with E-state index in [9.17, 15) is 4.79 Å². The molecule has 1 amide bonds. The van der Waals surface area contributed by atoms with Crippen LogP contribution in [0.5, 0.6) is 0 Å². The first-order chi connectivity index (χ1) is 7.99. The Hall–Kier alpha value is -2.10. The summed E-state index contributed by atoms with van der Waals surface area (Å²) in [6.07, 6.45) is 7.56. The van der Waals surface area contributed by atoms with Crippen LogP contribution in [0.2, 0.25) is 0 Å². The molecule has 17 heavy (non-hydrogen) atoms. The Kier molecular flexibility index (Phi) is 4.46. The van der Waals surface area contributed by atoms with Crippen LogP contribution in [0.15, 0.2) is 36.6 Å². The lowest BCUT2D eigenvalue weighted by atomic mass is 10.1. The van der Waals surface area contributed by atoms with E-state index >= 15 is 0 Å². The fraction of sp³-hybridized carbons (Fsp3) is 0.231. The van der Waals surface area contributed by atoms with E-state index in [1.807, 2.05) is 32.1 Å². The maximum absolute atomic E-state index is 10.7. The normalized spacial score (nSPS) is 12.0. The van der Waals surface area contributed by atoms with E-state index in [2.05, 4.69) is 16.5 Å². The average Bonchev–Trinajstić information content (AvgIpc) is 2.63. The van der Waals surface area contributed by atoms with Gasteiger partial charge >= 0.3 is 0 Å². The summed E-state index contributed by atoms with van der Waals surface area (Å²) >= 11 is 0. The number of carbonyl (C=O) groups is 1. The molecule has 0 unspecified atom stereocenters. The number of nitrogens with one attached hydrogen (secondary N) is 1. The van der Waals surface area contributed by atoms with E-state index in [1.165, 1.54) is 0 Å². The highest BCUT2D eigenvalue weighted by Gasteiger charge is 1.97. The van der Waals surface area contributed by atoms with Gasteiger partial charge in [-0.15, -0.1) is 0 Å². The van der Waals surface area contributed by atoms with Crippen molar-refractivity contribution in [2.24, 2.45) is 5.73 Å². The SMILES string of the molecule is C=C(/C=C\C=C(/C)CC(N)=O)c1cnc(C)[nH]1. The highest BCUT2D eigenvalue weighted by atomic mass is 16.1. The van der Waals surface area contributed by atoms with Gasteiger partial charge in [-0.3, -0.25) is 4.79 Å². The Balaban J connectivity index is 2.60. The second-order valence-electron chi connectivity index (χ2n) is 3.92. The van der Waals surface area contributed by atoms with Crippen LogP contribution in [0.25, 0.3) is 5.57 Å². The van der Waals surface area contributed by atoms with Crippen molar-refractivity contribution in [3.8, 4) is 0 Å². The monoisotopic (exact) mass is 231 g/mol. The number of aromatic nitrogens is 2. The summed E-state index contributed by atoms with van der Waals surface area (Å²) in [5.74, 6) is 0.533. The van der Waals surface area contributed by atoms with Gasteiger partial charge in [0.15, 0.2) is 0 Å². The van der Waals surface area contributed by atoms with Crippen LogP contribution in [0.3, 0.4) is 0 Å². The zero-order chi connectivity index (χ0) is 12.8. The maximum atomic E-state index is 10.7. The molecule has 0 saturated carbocycles. The van der Waals surface area contributed by atoms with E-state index in [1.54, 1.807) is 6.20 Å². The van der Waals surface area contributed by atoms with Gasteiger partial charge in [0.05, 0.1) is 11.9 Å². The number of nitrogens with two attached hydrogens (primary N) is 1. The minimum atomic E-state index is -0.324. The van der Waals surface area contributed by atoms with E-state index in [0.29, 0.717) is 0 Å². The molecule has 0 bridgehead atoms. The topological polar surface area (TPSA) is 71.8 Å². The number of aryl methyl sites for hydroxylation is 1. The number of imidazole rings is 1. The van der Waals surface area contributed by atoms with E-state index in [4.69, 9.17) is 5.73 Å². The van der Waals surface area contributed by atoms with Crippen LogP contribution in [-0.4, -0.2) is 15.9 Å². The molecular formula is C13H17N3O. The first kappa shape index (κ1) is 13.0. The molecule has 0 aliphatic heterocycles. The van der Waals surface area contributed by atoms with Crippen LogP contribution in [0, 0.1) is 6.92 Å². The molecule has 90 valence electrons. The van der Waals surface area contributed by atoms with Crippen molar-refractivity contribution < 1.29 is 4.79 Å². The molecule has 4 nitrogen and oxygen atoms in total. The summed E-state index contributed by atoms with van der Waals surface area (Å²) in [5, 5.41) is 0. The molecule has 0 aromatic carbocycles. The molecule has 0 spiro atoms. The molecule has 3 N–H and O–H groups in total. The van der Waals surface area contributed by atoms with Crippen LogP contribution >= 0.6 is 0 Å². The number of hydrogen-bond donors (Lipinski definition) is 2. The summed E-state index contributed by atoms with van der Waals surface area (Å²) in [5.41, 5.74) is 7.73. The Labute approximate surface area is 101 Å². The van der Waals surface area contributed by atoms with Crippen LogP contribution in [-0.2, 0) is 4.79 Å². The van der Waals surface area contributed by atoms with Crippen molar-refractivity contribution in [1.82, 2.24) is 9.97 Å². The summed E-state index contributed by atoms with van der Waals surface area (Å²) in [6, 6.07) is 0. The van der Waals surface area contributed by atoms with Crippen molar-refractivity contribution in [1.29, 1.82) is 0 Å². The quantitative estimate of drug-likeness (QED) is 0.762. The van der Waals surface area contributed by atoms with Crippen molar-refractivity contribution in [2.45, 2.75) is 20.3 Å². The van der Waals surface area contributed by atoms with Crippen LogP contribution < -0.4 is 5.73 Å². The largest absolute Gasteiger partial charge is 0.369 e. The van der Waals surface area contributed by atoms with Crippen LogP contribution in [0.1, 0.15) is 24.9 Å². The molecule has 4 heteroatoms. The molecule has 1 aromatic rings. The fourth-order valence-corrected chi connectivity index (χ4v) is 1.34. The maximum Gasteiger partial charge on any atom is 0.221 e. The van der Waals surface area contributed by atoms with Gasteiger partial charge in [0, 0.05) is 6.42 Å². The van der Waals surface area contributed by atoms with Crippen molar-refractivity contribution >= 4 is 11.5 Å². The first-order valence-corrected chi connectivity index (χ1v) is 5.32. The molecule has 0 atom stereocenters. The molecule has 1 aromatic heterocycles. The Morgan fingerprint density at radius 1 is 1.65 bits per heavy atom. The van der Waals surface area contributed by atoms with E-state index in [-0.39, 0.29) is 12.3 Å². The van der Waals surface area contributed by atoms with Gasteiger partial charge in [0.1, 0.15) is 5.82 Å². The molecule has 0 aliphatic carbocycles. The van der Waals surface area contributed by atoms with Crippen molar-refractivity contribution in [3.63, 3.8) is 0 Å². The lowest BCUT2D eigenvalue weighted by molar-refractivity contribution is -0.117. The number of nitrogens with zero attached hydrogens (tertiary/aromatic N) is 1. The molecule has 1 heterocycles. The lowest BCUT2D eigenvalue weighted by Crippen LogP contribution is -2.10. The number of allylic oxidation sites excluding steroid dienone is 4. The molecule has 0 aliphatic rings. The van der Waals surface area contributed by atoms with Crippen molar-refractivity contribution in [3.05, 3.63) is 48.1 Å². The van der Waals surface area contributed by atoms with Crippen molar-refractivity contribution in [2.75, 3.05) is 0 Å². The van der Waals surface area contributed by atoms with Gasteiger partial charge in [-0.25, -0.2) is 4.98 Å². The number of rotatable bonds is 5. The van der Waals surface area contributed by atoms with Gasteiger partial charge in [0.25, 0.3) is 0 Å². The van der Waals surface area contributed by atoms with Gasteiger partial charge in [0.2, 0.25) is 5.91 Å². The molecule has 0 fully saturated rings. The predicted molar refractivity (Wildman–Crippen MR) is 69.1 cm³/mol. The lowest BCUT2D eigenvalue weighted by Gasteiger charge is -1.95. The second kappa shape index (κ2) is 5.84. The zero-order valence-corrected chi connectivity index (χ0v) is 10.2. The van der Waals surface area contributed by atoms with E-state index < -0.39 is 0 Å². The summed E-state index contributed by atoms with van der Waals surface area (Å²) < 4.78 is 0. The number of carbonyl (C=O) groups excluding carboxylic acids is 1. The number of aromatic amines is 1. The Bertz CT molecular complexity index is 481. The third kappa shape index (κ3) is 4.51. The molecule has 0 radical (unpaired) electrons. The van der Waals surface area contributed by atoms with Crippen LogP contribution in [0.4, 0.5) is 0 Å². The zero-order valence-electron chi connectivity index (χ0n) is 10.2. The fourth-order valence-electron chi connectivity index (χ4n) is 1.34.